The Bertz CT molecular complexity index is 820. The molecule has 1 aliphatic rings. The van der Waals surface area contributed by atoms with Gasteiger partial charge in [0.25, 0.3) is 5.91 Å². The number of aromatic nitrogens is 1. The van der Waals surface area contributed by atoms with Gasteiger partial charge in [-0.1, -0.05) is 30.3 Å². The minimum absolute atomic E-state index is 0.0944. The lowest BCUT2D eigenvalue weighted by Gasteiger charge is -2.06. The summed E-state index contributed by atoms with van der Waals surface area (Å²) in [6.07, 6.45) is 2.55. The number of amides is 1. The van der Waals surface area contributed by atoms with Crippen molar-refractivity contribution in [3.8, 4) is 11.3 Å². The van der Waals surface area contributed by atoms with Crippen LogP contribution in [0.25, 0.3) is 11.3 Å². The van der Waals surface area contributed by atoms with E-state index in [2.05, 4.69) is 10.7 Å². The molecule has 0 atom stereocenters. The van der Waals surface area contributed by atoms with Gasteiger partial charge in [-0.25, -0.2) is 4.98 Å². The number of nitrogens with one attached hydrogen (secondary N) is 1. The first kappa shape index (κ1) is 14.2. The second-order valence-electron chi connectivity index (χ2n) is 5.74. The molecule has 1 N–H and O–H groups in total. The summed E-state index contributed by atoms with van der Waals surface area (Å²) in [6.45, 7) is 0. The Labute approximate surface area is 139 Å². The summed E-state index contributed by atoms with van der Waals surface area (Å²) in [7, 11) is 0. The van der Waals surface area contributed by atoms with Crippen molar-refractivity contribution in [1.29, 1.82) is 0 Å². The zero-order valence-corrected chi connectivity index (χ0v) is 13.3. The highest BCUT2D eigenvalue weighted by molar-refractivity contribution is 7.10. The molecule has 1 aliphatic carbocycles. The molecular weight excluding hydrogens is 304 g/mol. The first-order valence-electron chi connectivity index (χ1n) is 7.72. The van der Waals surface area contributed by atoms with Crippen LogP contribution in [-0.2, 0) is 0 Å². The second-order valence-corrected chi connectivity index (χ2v) is 6.63. The lowest BCUT2D eigenvalue weighted by Crippen LogP contribution is -2.11. The van der Waals surface area contributed by atoms with Crippen molar-refractivity contribution in [3.05, 3.63) is 70.5 Å². The number of hydrogen-bond donors (Lipinski definition) is 1. The smallest absolute Gasteiger partial charge is 0.255 e. The minimum Gasteiger partial charge on any atom is -0.322 e. The van der Waals surface area contributed by atoms with Crippen molar-refractivity contribution in [3.63, 3.8) is 0 Å². The van der Waals surface area contributed by atoms with Gasteiger partial charge in [0.2, 0.25) is 0 Å². The third kappa shape index (κ3) is 3.17. The quantitative estimate of drug-likeness (QED) is 0.740. The van der Waals surface area contributed by atoms with E-state index < -0.39 is 0 Å². The summed E-state index contributed by atoms with van der Waals surface area (Å²) in [4.78, 5) is 16.8. The molecule has 0 saturated heterocycles. The summed E-state index contributed by atoms with van der Waals surface area (Å²) in [5.74, 6) is 0.598. The molecule has 4 heteroatoms. The van der Waals surface area contributed by atoms with Gasteiger partial charge in [0.1, 0.15) is 0 Å². The number of carbonyl (C=O) groups is 1. The second kappa shape index (κ2) is 5.97. The van der Waals surface area contributed by atoms with E-state index in [4.69, 9.17) is 4.98 Å². The summed E-state index contributed by atoms with van der Waals surface area (Å²) in [5.41, 5.74) is 3.56. The van der Waals surface area contributed by atoms with Gasteiger partial charge in [-0.2, -0.15) is 0 Å². The Kier molecular flexibility index (Phi) is 3.67. The Morgan fingerprint density at radius 3 is 2.48 bits per heavy atom. The number of hydrogen-bond acceptors (Lipinski definition) is 3. The van der Waals surface area contributed by atoms with Gasteiger partial charge < -0.3 is 5.32 Å². The number of carbonyl (C=O) groups excluding carboxylic acids is 1. The zero-order chi connectivity index (χ0) is 15.6. The summed E-state index contributed by atoms with van der Waals surface area (Å²) in [6, 6.07) is 17.1. The lowest BCUT2D eigenvalue weighted by molar-refractivity contribution is 0.102. The van der Waals surface area contributed by atoms with E-state index in [0.29, 0.717) is 11.5 Å². The largest absolute Gasteiger partial charge is 0.322 e. The standard InChI is InChI=1S/C19H16N2OS/c22-18(14-4-2-1-3-5-14)20-16-10-8-13(9-11-16)17-12-23-19(21-17)15-6-7-15/h1-5,8-12,15H,6-7H2,(H,20,22). The van der Waals surface area contributed by atoms with Gasteiger partial charge in [0.05, 0.1) is 10.7 Å². The molecule has 0 aliphatic heterocycles. The molecule has 3 nitrogen and oxygen atoms in total. The van der Waals surface area contributed by atoms with Crippen molar-refractivity contribution in [2.45, 2.75) is 18.8 Å². The van der Waals surface area contributed by atoms with E-state index in [1.165, 1.54) is 17.8 Å². The number of thiazole rings is 1. The first-order chi connectivity index (χ1) is 11.3. The molecule has 0 unspecified atom stereocenters. The van der Waals surface area contributed by atoms with Crippen LogP contribution in [0.2, 0.25) is 0 Å². The fourth-order valence-corrected chi connectivity index (χ4v) is 3.46. The van der Waals surface area contributed by atoms with Crippen LogP contribution in [0.5, 0.6) is 0 Å². The molecule has 1 saturated carbocycles. The fraction of sp³-hybridized carbons (Fsp3) is 0.158. The van der Waals surface area contributed by atoms with E-state index in [-0.39, 0.29) is 5.91 Å². The molecule has 1 amide bonds. The molecule has 4 rings (SSSR count). The predicted molar refractivity (Wildman–Crippen MR) is 93.9 cm³/mol. The number of anilines is 1. The van der Waals surface area contributed by atoms with E-state index in [0.717, 1.165) is 16.9 Å². The van der Waals surface area contributed by atoms with Crippen LogP contribution >= 0.6 is 11.3 Å². The SMILES string of the molecule is O=C(Nc1ccc(-c2csc(C3CC3)n2)cc1)c1ccccc1. The minimum atomic E-state index is -0.0944. The van der Waals surface area contributed by atoms with Crippen LogP contribution in [0.15, 0.2) is 60.0 Å². The van der Waals surface area contributed by atoms with Gasteiger partial charge in [0.15, 0.2) is 0 Å². The number of benzene rings is 2. The Morgan fingerprint density at radius 1 is 1.04 bits per heavy atom. The molecule has 1 heterocycles. The van der Waals surface area contributed by atoms with Crippen LogP contribution in [0.4, 0.5) is 5.69 Å². The van der Waals surface area contributed by atoms with Gasteiger partial charge in [-0.3, -0.25) is 4.79 Å². The first-order valence-corrected chi connectivity index (χ1v) is 8.60. The maximum absolute atomic E-state index is 12.1. The molecule has 2 aromatic carbocycles. The highest BCUT2D eigenvalue weighted by Gasteiger charge is 2.26. The Balaban J connectivity index is 1.48. The number of nitrogens with zero attached hydrogens (tertiary/aromatic N) is 1. The van der Waals surface area contributed by atoms with Crippen LogP contribution in [0.3, 0.4) is 0 Å². The normalized spacial score (nSPS) is 13.7. The molecular formula is C19H16N2OS. The topological polar surface area (TPSA) is 42.0 Å². The van der Waals surface area contributed by atoms with Crippen molar-refractivity contribution < 1.29 is 4.79 Å². The Morgan fingerprint density at radius 2 is 1.78 bits per heavy atom. The van der Waals surface area contributed by atoms with E-state index in [1.54, 1.807) is 23.5 Å². The molecule has 1 fully saturated rings. The van der Waals surface area contributed by atoms with E-state index in [9.17, 15) is 4.79 Å². The molecule has 0 radical (unpaired) electrons. The zero-order valence-electron chi connectivity index (χ0n) is 12.5. The third-order valence-corrected chi connectivity index (χ3v) is 4.93. The highest BCUT2D eigenvalue weighted by atomic mass is 32.1. The lowest BCUT2D eigenvalue weighted by atomic mass is 10.1. The van der Waals surface area contributed by atoms with Gasteiger partial charge >= 0.3 is 0 Å². The van der Waals surface area contributed by atoms with Crippen LogP contribution in [0, 0.1) is 0 Å². The molecule has 1 aromatic heterocycles. The highest BCUT2D eigenvalue weighted by Crippen LogP contribution is 2.42. The molecule has 23 heavy (non-hydrogen) atoms. The van der Waals surface area contributed by atoms with Crippen molar-refractivity contribution in [2.24, 2.45) is 0 Å². The van der Waals surface area contributed by atoms with Crippen molar-refractivity contribution in [1.82, 2.24) is 4.98 Å². The van der Waals surface area contributed by atoms with Crippen molar-refractivity contribution in [2.75, 3.05) is 5.32 Å². The molecule has 3 aromatic rings. The van der Waals surface area contributed by atoms with Crippen molar-refractivity contribution >= 4 is 22.9 Å². The predicted octanol–water partition coefficient (Wildman–Crippen LogP) is 4.94. The summed E-state index contributed by atoms with van der Waals surface area (Å²) < 4.78 is 0. The average molecular weight is 320 g/mol. The average Bonchev–Trinajstić information content (AvgIpc) is 3.34. The summed E-state index contributed by atoms with van der Waals surface area (Å²) >= 11 is 1.75. The number of rotatable bonds is 4. The monoisotopic (exact) mass is 320 g/mol. The van der Waals surface area contributed by atoms with Gasteiger partial charge in [0, 0.05) is 28.1 Å². The Hall–Kier alpha value is -2.46. The molecule has 0 spiro atoms. The fourth-order valence-electron chi connectivity index (χ4n) is 2.46. The maximum Gasteiger partial charge on any atom is 0.255 e. The third-order valence-electron chi connectivity index (χ3n) is 3.92. The maximum atomic E-state index is 12.1. The van der Waals surface area contributed by atoms with Gasteiger partial charge in [-0.05, 0) is 37.1 Å². The van der Waals surface area contributed by atoms with Crippen LogP contribution < -0.4 is 5.32 Å². The van der Waals surface area contributed by atoms with E-state index in [1.807, 2.05) is 42.5 Å². The summed E-state index contributed by atoms with van der Waals surface area (Å²) in [5, 5.41) is 6.28. The van der Waals surface area contributed by atoms with E-state index >= 15 is 0 Å². The molecule has 114 valence electrons. The van der Waals surface area contributed by atoms with Gasteiger partial charge in [-0.15, -0.1) is 11.3 Å². The van der Waals surface area contributed by atoms with Crippen LogP contribution in [0.1, 0.15) is 34.1 Å². The van der Waals surface area contributed by atoms with Crippen LogP contribution in [-0.4, -0.2) is 10.9 Å². The molecule has 0 bridgehead atoms.